The third kappa shape index (κ3) is 4.70. The Hall–Kier alpha value is -2.13. The van der Waals surface area contributed by atoms with Crippen LogP contribution in [0, 0.1) is 11.3 Å². The van der Waals surface area contributed by atoms with Crippen LogP contribution < -0.4 is 14.8 Å². The molecule has 1 amide bonds. The summed E-state index contributed by atoms with van der Waals surface area (Å²) in [6.45, 7) is 4.58. The molecule has 1 aliphatic rings. The average Bonchev–Trinajstić information content (AvgIpc) is 2.62. The minimum atomic E-state index is -0.257. The molecule has 134 valence electrons. The lowest BCUT2D eigenvalue weighted by atomic mass is 9.87. The Morgan fingerprint density at radius 1 is 1.36 bits per heavy atom. The van der Waals surface area contributed by atoms with E-state index in [2.05, 4.69) is 18.3 Å². The molecule has 1 aromatic carbocycles. The molecule has 1 N–H and O–H groups in total. The maximum absolute atomic E-state index is 12.2. The molecule has 0 spiro atoms. The summed E-state index contributed by atoms with van der Waals surface area (Å²) in [5.41, 5.74) is 1.51. The van der Waals surface area contributed by atoms with E-state index in [9.17, 15) is 10.1 Å². The highest BCUT2D eigenvalue weighted by Crippen LogP contribution is 2.39. The molecular weight excluding hydrogens is 336 g/mol. The molecule has 0 fully saturated rings. The number of allylic oxidation sites excluding steroid dienone is 1. The standard InChI is InChI=1S/C19H24N2O3S/c1-4-6-9-25-19-15(12-20)14(11-18(22)21-19)13-7-8-16(24-5-2)17(10-13)23-3/h7-8,10,14H,4-6,9,11H2,1-3H3,(H,21,22)/t14-/m1/s1. The van der Waals surface area contributed by atoms with Crippen molar-refractivity contribution in [2.75, 3.05) is 19.5 Å². The van der Waals surface area contributed by atoms with E-state index < -0.39 is 0 Å². The fourth-order valence-electron chi connectivity index (χ4n) is 2.71. The maximum atomic E-state index is 12.2. The van der Waals surface area contributed by atoms with Gasteiger partial charge in [0, 0.05) is 12.3 Å². The van der Waals surface area contributed by atoms with Crippen molar-refractivity contribution >= 4 is 17.7 Å². The zero-order valence-electron chi connectivity index (χ0n) is 14.9. The average molecular weight is 360 g/mol. The number of unbranched alkanes of at least 4 members (excludes halogenated alkanes) is 1. The minimum Gasteiger partial charge on any atom is -0.493 e. The monoisotopic (exact) mass is 360 g/mol. The number of nitrogens with zero attached hydrogens (tertiary/aromatic N) is 1. The number of nitriles is 1. The zero-order valence-corrected chi connectivity index (χ0v) is 15.7. The van der Waals surface area contributed by atoms with Crippen molar-refractivity contribution in [1.29, 1.82) is 5.26 Å². The number of benzene rings is 1. The van der Waals surface area contributed by atoms with Gasteiger partial charge in [-0.15, -0.1) is 11.8 Å². The summed E-state index contributed by atoms with van der Waals surface area (Å²) in [7, 11) is 1.59. The molecule has 1 aliphatic heterocycles. The van der Waals surface area contributed by atoms with Gasteiger partial charge in [-0.05, 0) is 36.8 Å². The number of carbonyl (C=O) groups is 1. The molecule has 6 heteroatoms. The van der Waals surface area contributed by atoms with Gasteiger partial charge in [-0.2, -0.15) is 5.26 Å². The van der Waals surface area contributed by atoms with Crippen molar-refractivity contribution in [2.45, 2.75) is 39.0 Å². The predicted octanol–water partition coefficient (Wildman–Crippen LogP) is 3.97. The highest BCUT2D eigenvalue weighted by molar-refractivity contribution is 8.03. The first-order valence-electron chi connectivity index (χ1n) is 8.52. The fraction of sp³-hybridized carbons (Fsp3) is 0.474. The molecule has 0 aliphatic carbocycles. The molecule has 1 heterocycles. The van der Waals surface area contributed by atoms with Gasteiger partial charge >= 0.3 is 0 Å². The summed E-state index contributed by atoms with van der Waals surface area (Å²) in [6, 6.07) is 7.90. The van der Waals surface area contributed by atoms with Crippen molar-refractivity contribution in [3.05, 3.63) is 34.4 Å². The molecule has 0 bridgehead atoms. The molecule has 25 heavy (non-hydrogen) atoms. The van der Waals surface area contributed by atoms with Crippen LogP contribution in [0.2, 0.25) is 0 Å². The van der Waals surface area contributed by atoms with Crippen LogP contribution >= 0.6 is 11.8 Å². The van der Waals surface area contributed by atoms with Crippen LogP contribution in [0.4, 0.5) is 0 Å². The van der Waals surface area contributed by atoms with Crippen LogP contribution in [0.5, 0.6) is 11.5 Å². The second-order valence-corrected chi connectivity index (χ2v) is 6.81. The van der Waals surface area contributed by atoms with E-state index in [4.69, 9.17) is 9.47 Å². The molecule has 0 radical (unpaired) electrons. The SMILES string of the molecule is CCCCSC1=C(C#N)[C@@H](c2ccc(OCC)c(OC)c2)CC(=O)N1. The van der Waals surface area contributed by atoms with Crippen molar-refractivity contribution in [3.63, 3.8) is 0 Å². The van der Waals surface area contributed by atoms with Crippen LogP contribution in [0.25, 0.3) is 0 Å². The largest absolute Gasteiger partial charge is 0.493 e. The normalized spacial score (nSPS) is 17.0. The number of nitrogens with one attached hydrogen (secondary N) is 1. The number of carbonyl (C=O) groups excluding carboxylic acids is 1. The summed E-state index contributed by atoms with van der Waals surface area (Å²) in [6.07, 6.45) is 2.39. The molecule has 0 saturated carbocycles. The second kappa shape index (κ2) is 9.38. The molecule has 5 nitrogen and oxygen atoms in total. The first-order chi connectivity index (χ1) is 12.1. The van der Waals surface area contributed by atoms with E-state index in [0.29, 0.717) is 28.7 Å². The summed E-state index contributed by atoms with van der Waals surface area (Å²) >= 11 is 1.55. The lowest BCUT2D eigenvalue weighted by Gasteiger charge is -2.25. The van der Waals surface area contributed by atoms with Crippen LogP contribution in [-0.4, -0.2) is 25.4 Å². The number of rotatable bonds is 8. The van der Waals surface area contributed by atoms with Gasteiger partial charge in [0.05, 0.1) is 30.4 Å². The van der Waals surface area contributed by atoms with Crippen molar-refractivity contribution < 1.29 is 14.3 Å². The van der Waals surface area contributed by atoms with Crippen molar-refractivity contribution in [1.82, 2.24) is 5.32 Å². The number of hydrogen-bond acceptors (Lipinski definition) is 5. The van der Waals surface area contributed by atoms with E-state index in [1.165, 1.54) is 0 Å². The third-order valence-corrected chi connectivity index (χ3v) is 5.09. The van der Waals surface area contributed by atoms with E-state index in [1.54, 1.807) is 18.9 Å². The fourth-order valence-corrected chi connectivity index (χ4v) is 3.88. The number of methoxy groups -OCH3 is 1. The summed E-state index contributed by atoms with van der Waals surface area (Å²) in [5.74, 6) is 1.84. The number of amides is 1. The quantitative estimate of drug-likeness (QED) is 0.710. The van der Waals surface area contributed by atoms with Gasteiger partial charge < -0.3 is 14.8 Å². The first-order valence-corrected chi connectivity index (χ1v) is 9.50. The Labute approximate surface area is 153 Å². The Morgan fingerprint density at radius 3 is 2.80 bits per heavy atom. The first kappa shape index (κ1) is 19.2. The van der Waals surface area contributed by atoms with Gasteiger partial charge in [0.2, 0.25) is 5.91 Å². The van der Waals surface area contributed by atoms with Gasteiger partial charge in [0.15, 0.2) is 11.5 Å². The predicted molar refractivity (Wildman–Crippen MR) is 99.7 cm³/mol. The topological polar surface area (TPSA) is 71.3 Å². The third-order valence-electron chi connectivity index (χ3n) is 3.99. The zero-order chi connectivity index (χ0) is 18.2. The van der Waals surface area contributed by atoms with Crippen LogP contribution in [0.3, 0.4) is 0 Å². The smallest absolute Gasteiger partial charge is 0.225 e. The van der Waals surface area contributed by atoms with Gasteiger partial charge in [-0.25, -0.2) is 0 Å². The van der Waals surface area contributed by atoms with E-state index in [-0.39, 0.29) is 18.2 Å². The lowest BCUT2D eigenvalue weighted by Crippen LogP contribution is -2.31. The Morgan fingerprint density at radius 2 is 2.16 bits per heavy atom. The molecule has 0 unspecified atom stereocenters. The van der Waals surface area contributed by atoms with Gasteiger partial charge in [-0.1, -0.05) is 19.4 Å². The number of ether oxygens (including phenoxy) is 2. The molecule has 2 rings (SSSR count). The van der Waals surface area contributed by atoms with E-state index >= 15 is 0 Å². The summed E-state index contributed by atoms with van der Waals surface area (Å²) in [4.78, 5) is 12.2. The highest BCUT2D eigenvalue weighted by atomic mass is 32.2. The number of thioether (sulfide) groups is 1. The van der Waals surface area contributed by atoms with Gasteiger partial charge in [-0.3, -0.25) is 4.79 Å². The molecule has 0 saturated heterocycles. The van der Waals surface area contributed by atoms with Crippen LogP contribution in [-0.2, 0) is 4.79 Å². The van der Waals surface area contributed by atoms with Gasteiger partial charge in [0.25, 0.3) is 0 Å². The van der Waals surface area contributed by atoms with Crippen molar-refractivity contribution in [2.24, 2.45) is 0 Å². The van der Waals surface area contributed by atoms with E-state index in [0.717, 1.165) is 24.2 Å². The summed E-state index contributed by atoms with van der Waals surface area (Å²) in [5, 5.41) is 13.2. The number of hydrogen-bond donors (Lipinski definition) is 1. The maximum Gasteiger partial charge on any atom is 0.225 e. The molecule has 1 atom stereocenters. The van der Waals surface area contributed by atoms with Gasteiger partial charge in [0.1, 0.15) is 0 Å². The highest BCUT2D eigenvalue weighted by Gasteiger charge is 2.30. The van der Waals surface area contributed by atoms with E-state index in [1.807, 2.05) is 25.1 Å². The van der Waals surface area contributed by atoms with Crippen LogP contribution in [0.15, 0.2) is 28.8 Å². The summed E-state index contributed by atoms with van der Waals surface area (Å²) < 4.78 is 10.9. The molecule has 0 aromatic heterocycles. The van der Waals surface area contributed by atoms with Crippen molar-refractivity contribution in [3.8, 4) is 17.6 Å². The van der Waals surface area contributed by atoms with Crippen LogP contribution in [0.1, 0.15) is 44.6 Å². The minimum absolute atomic E-state index is 0.0594. The lowest BCUT2D eigenvalue weighted by molar-refractivity contribution is -0.120. The molecular formula is C19H24N2O3S. The Bertz CT molecular complexity index is 694. The molecule has 1 aromatic rings. The Balaban J connectivity index is 2.36. The Kier molecular flexibility index (Phi) is 7.20. The second-order valence-electron chi connectivity index (χ2n) is 5.70.